The fraction of sp³-hybridized carbons (Fsp3) is 0.286. The minimum Gasteiger partial charge on any atom is -0.393 e. The summed E-state index contributed by atoms with van der Waals surface area (Å²) >= 11 is 0. The van der Waals surface area contributed by atoms with E-state index in [0.717, 1.165) is 18.2 Å². The number of halogens is 1. The Labute approximate surface area is 156 Å². The van der Waals surface area contributed by atoms with Crippen LogP contribution >= 0.6 is 0 Å². The van der Waals surface area contributed by atoms with Crippen molar-refractivity contribution in [3.63, 3.8) is 0 Å². The number of carbonyl (C=O) groups is 1. The van der Waals surface area contributed by atoms with E-state index in [2.05, 4.69) is 15.3 Å². The molecule has 27 heavy (non-hydrogen) atoms. The highest BCUT2D eigenvalue weighted by molar-refractivity contribution is 5.96. The number of hydrogen-bond donors (Lipinski definition) is 2. The second-order valence-corrected chi connectivity index (χ2v) is 7.00. The van der Waals surface area contributed by atoms with E-state index in [-0.39, 0.29) is 23.5 Å². The van der Waals surface area contributed by atoms with Crippen molar-refractivity contribution in [2.24, 2.45) is 0 Å². The van der Waals surface area contributed by atoms with Crippen molar-refractivity contribution in [3.05, 3.63) is 54.0 Å². The van der Waals surface area contributed by atoms with Crippen molar-refractivity contribution in [2.75, 3.05) is 5.32 Å². The lowest BCUT2D eigenvalue weighted by Gasteiger charge is -2.12. The summed E-state index contributed by atoms with van der Waals surface area (Å²) < 4.78 is 14.7. The zero-order valence-corrected chi connectivity index (χ0v) is 14.9. The number of nitrogens with one attached hydrogen (secondary N) is 1. The van der Waals surface area contributed by atoms with Gasteiger partial charge in [-0.3, -0.25) is 4.79 Å². The van der Waals surface area contributed by atoms with E-state index in [1.54, 1.807) is 30.5 Å². The molecule has 2 aromatic carbocycles. The number of hydrogen-bond acceptors (Lipinski definition) is 5. The van der Waals surface area contributed by atoms with Gasteiger partial charge in [0.25, 0.3) is 0 Å². The number of rotatable bonds is 4. The third-order valence-corrected chi connectivity index (χ3v) is 5.01. The van der Waals surface area contributed by atoms with Crippen LogP contribution in [-0.4, -0.2) is 33.0 Å². The molecule has 1 aromatic heterocycles. The third-order valence-electron chi connectivity index (χ3n) is 5.01. The molecule has 4 rings (SSSR count). The number of anilines is 1. The summed E-state index contributed by atoms with van der Waals surface area (Å²) in [5.41, 5.74) is 1.80. The van der Waals surface area contributed by atoms with E-state index in [4.69, 9.17) is 0 Å². The predicted molar refractivity (Wildman–Crippen MR) is 102 cm³/mol. The van der Waals surface area contributed by atoms with Gasteiger partial charge in [-0.2, -0.15) is 0 Å². The van der Waals surface area contributed by atoms with Gasteiger partial charge in [-0.05, 0) is 43.9 Å². The van der Waals surface area contributed by atoms with Gasteiger partial charge in [-0.1, -0.05) is 24.3 Å². The highest BCUT2D eigenvalue weighted by Crippen LogP contribution is 2.28. The second kappa shape index (κ2) is 7.04. The molecule has 0 amide bonds. The Hall–Kier alpha value is -2.86. The van der Waals surface area contributed by atoms with Crippen molar-refractivity contribution in [2.45, 2.75) is 38.3 Å². The van der Waals surface area contributed by atoms with E-state index in [0.29, 0.717) is 29.0 Å². The molecular weight excluding hydrogens is 345 g/mol. The van der Waals surface area contributed by atoms with Crippen LogP contribution in [0.3, 0.4) is 0 Å². The van der Waals surface area contributed by atoms with E-state index in [1.807, 2.05) is 6.07 Å². The summed E-state index contributed by atoms with van der Waals surface area (Å²) in [6, 6.07) is 10.4. The topological polar surface area (TPSA) is 75.1 Å². The normalized spacial score (nSPS) is 19.4. The highest BCUT2D eigenvalue weighted by atomic mass is 19.1. The second-order valence-electron chi connectivity index (χ2n) is 7.00. The van der Waals surface area contributed by atoms with Crippen LogP contribution in [0.15, 0.2) is 42.6 Å². The van der Waals surface area contributed by atoms with Gasteiger partial charge in [-0.25, -0.2) is 14.4 Å². The Kier molecular flexibility index (Phi) is 4.58. The van der Waals surface area contributed by atoms with Gasteiger partial charge in [0.2, 0.25) is 5.95 Å². The number of aliphatic hydroxyl groups excluding tert-OH is 1. The van der Waals surface area contributed by atoms with E-state index >= 15 is 0 Å². The number of aromatic nitrogens is 2. The van der Waals surface area contributed by atoms with Crippen LogP contribution in [0, 0.1) is 5.82 Å². The zero-order valence-electron chi connectivity index (χ0n) is 14.9. The molecule has 0 bridgehead atoms. The third kappa shape index (κ3) is 3.53. The SMILES string of the molecule is CC(=O)c1cccc(-c2ccc3cnc(N[C@H]4CC[C@@H](O)C4)nc3c2)c1F. The molecule has 6 heteroatoms. The molecule has 2 atom stereocenters. The number of Topliss-reactive ketones (excluding diaryl/α,β-unsaturated/α-hetero) is 1. The average molecular weight is 365 g/mol. The molecule has 1 saturated carbocycles. The monoisotopic (exact) mass is 365 g/mol. The van der Waals surface area contributed by atoms with Crippen molar-refractivity contribution < 1.29 is 14.3 Å². The summed E-state index contributed by atoms with van der Waals surface area (Å²) in [7, 11) is 0. The van der Waals surface area contributed by atoms with Gasteiger partial charge in [0.15, 0.2) is 5.78 Å². The largest absolute Gasteiger partial charge is 0.393 e. The first-order chi connectivity index (χ1) is 13.0. The van der Waals surface area contributed by atoms with Crippen LogP contribution < -0.4 is 5.32 Å². The molecule has 0 saturated heterocycles. The molecular formula is C21H20FN3O2. The summed E-state index contributed by atoms with van der Waals surface area (Å²) in [4.78, 5) is 20.5. The summed E-state index contributed by atoms with van der Waals surface area (Å²) in [5.74, 6) is -0.323. The fourth-order valence-corrected chi connectivity index (χ4v) is 3.56. The molecule has 2 N–H and O–H groups in total. The summed E-state index contributed by atoms with van der Waals surface area (Å²) in [6.07, 6.45) is 3.80. The van der Waals surface area contributed by atoms with Crippen LogP contribution in [0.4, 0.5) is 10.3 Å². The fourth-order valence-electron chi connectivity index (χ4n) is 3.56. The van der Waals surface area contributed by atoms with Gasteiger partial charge in [0.05, 0.1) is 17.2 Å². The minimum atomic E-state index is -0.517. The Morgan fingerprint density at radius 3 is 2.85 bits per heavy atom. The molecule has 0 spiro atoms. The van der Waals surface area contributed by atoms with Gasteiger partial charge < -0.3 is 10.4 Å². The lowest BCUT2D eigenvalue weighted by molar-refractivity contribution is 0.101. The maximum atomic E-state index is 14.7. The van der Waals surface area contributed by atoms with Crippen LogP contribution in [0.5, 0.6) is 0 Å². The van der Waals surface area contributed by atoms with E-state index in [9.17, 15) is 14.3 Å². The standard InChI is InChI=1S/C21H20FN3O2/c1-12(26)17-3-2-4-18(20(17)22)13-5-6-14-11-23-21(25-19(14)9-13)24-15-7-8-16(27)10-15/h2-6,9,11,15-16,27H,7-8,10H2,1H3,(H,23,24,25)/t15-,16+/m0/s1. The number of aliphatic hydroxyl groups is 1. The van der Waals surface area contributed by atoms with Crippen LogP contribution in [0.25, 0.3) is 22.0 Å². The maximum Gasteiger partial charge on any atom is 0.223 e. The number of benzene rings is 2. The smallest absolute Gasteiger partial charge is 0.223 e. The molecule has 1 heterocycles. The van der Waals surface area contributed by atoms with E-state index in [1.165, 1.54) is 13.0 Å². The first kappa shape index (κ1) is 17.5. The molecule has 0 radical (unpaired) electrons. The lowest BCUT2D eigenvalue weighted by atomic mass is 9.99. The Balaban J connectivity index is 1.69. The molecule has 138 valence electrons. The van der Waals surface area contributed by atoms with Crippen molar-refractivity contribution in [3.8, 4) is 11.1 Å². The number of nitrogens with zero attached hydrogens (tertiary/aromatic N) is 2. The summed E-state index contributed by atoms with van der Waals surface area (Å²) in [5, 5.41) is 13.8. The van der Waals surface area contributed by atoms with E-state index < -0.39 is 5.82 Å². The molecule has 1 fully saturated rings. The van der Waals surface area contributed by atoms with Gasteiger partial charge in [0, 0.05) is 23.2 Å². The van der Waals surface area contributed by atoms with Gasteiger partial charge in [0.1, 0.15) is 5.82 Å². The molecule has 0 aliphatic heterocycles. The highest BCUT2D eigenvalue weighted by Gasteiger charge is 2.23. The molecule has 1 aliphatic rings. The lowest BCUT2D eigenvalue weighted by Crippen LogP contribution is -2.18. The quantitative estimate of drug-likeness (QED) is 0.685. The first-order valence-corrected chi connectivity index (χ1v) is 9.02. The van der Waals surface area contributed by atoms with Gasteiger partial charge >= 0.3 is 0 Å². The molecule has 3 aromatic rings. The Morgan fingerprint density at radius 2 is 2.11 bits per heavy atom. The molecule has 1 aliphatic carbocycles. The number of fused-ring (bicyclic) bond motifs is 1. The van der Waals surface area contributed by atoms with Crippen molar-refractivity contribution in [1.82, 2.24) is 9.97 Å². The Morgan fingerprint density at radius 1 is 1.26 bits per heavy atom. The average Bonchev–Trinajstić information content (AvgIpc) is 3.06. The van der Waals surface area contributed by atoms with Crippen LogP contribution in [0.2, 0.25) is 0 Å². The van der Waals surface area contributed by atoms with Gasteiger partial charge in [-0.15, -0.1) is 0 Å². The molecule has 0 unspecified atom stereocenters. The maximum absolute atomic E-state index is 14.7. The minimum absolute atomic E-state index is 0.0810. The van der Waals surface area contributed by atoms with Crippen molar-refractivity contribution in [1.29, 1.82) is 0 Å². The first-order valence-electron chi connectivity index (χ1n) is 9.02. The van der Waals surface area contributed by atoms with Crippen LogP contribution in [-0.2, 0) is 0 Å². The van der Waals surface area contributed by atoms with Crippen molar-refractivity contribution >= 4 is 22.6 Å². The zero-order chi connectivity index (χ0) is 19.0. The Bertz CT molecular complexity index is 1020. The summed E-state index contributed by atoms with van der Waals surface area (Å²) in [6.45, 7) is 1.35. The predicted octanol–water partition coefficient (Wildman–Crippen LogP) is 3.96. The number of ketones is 1. The number of carbonyl (C=O) groups excluding carboxylic acids is 1. The molecule has 5 nitrogen and oxygen atoms in total. The van der Waals surface area contributed by atoms with Crippen LogP contribution in [0.1, 0.15) is 36.5 Å².